The smallest absolute Gasteiger partial charge is 0.113 e. The van der Waals surface area contributed by atoms with Crippen LogP contribution in [0.25, 0.3) is 0 Å². The van der Waals surface area contributed by atoms with Crippen molar-refractivity contribution in [1.82, 2.24) is 0 Å². The standard InChI is InChI=1S/C6H11N3O4/c10-6(5-9-13,1-3-7-11)2-4-8-12/h3-5,10-13H,1-2H2. The zero-order chi connectivity index (χ0) is 10.2. The van der Waals surface area contributed by atoms with E-state index in [1.165, 1.54) is 0 Å². The predicted octanol–water partition coefficient (Wildman–Crippen LogP) is -0.122. The summed E-state index contributed by atoms with van der Waals surface area (Å²) < 4.78 is 0. The van der Waals surface area contributed by atoms with Crippen LogP contribution in [0, 0.1) is 0 Å². The molecule has 4 N–H and O–H groups in total. The molecule has 0 spiro atoms. The fourth-order valence-electron chi connectivity index (χ4n) is 0.694. The first-order chi connectivity index (χ1) is 6.18. The van der Waals surface area contributed by atoms with E-state index in [4.69, 9.17) is 15.6 Å². The Kier molecular flexibility index (Phi) is 5.20. The maximum absolute atomic E-state index is 9.56. The van der Waals surface area contributed by atoms with E-state index in [0.29, 0.717) is 0 Å². The van der Waals surface area contributed by atoms with Crippen LogP contribution >= 0.6 is 0 Å². The molecule has 0 aromatic heterocycles. The van der Waals surface area contributed by atoms with Crippen LogP contribution in [0.3, 0.4) is 0 Å². The van der Waals surface area contributed by atoms with Gasteiger partial charge in [-0.15, -0.1) is 10.3 Å². The Morgan fingerprint density at radius 1 is 0.923 bits per heavy atom. The van der Waals surface area contributed by atoms with Crippen LogP contribution in [0.15, 0.2) is 15.5 Å². The first-order valence-electron chi connectivity index (χ1n) is 3.41. The Hall–Kier alpha value is -1.63. The van der Waals surface area contributed by atoms with Crippen molar-refractivity contribution in [2.75, 3.05) is 0 Å². The number of hydrogen-bond donors (Lipinski definition) is 4. The number of aliphatic hydroxyl groups is 1. The van der Waals surface area contributed by atoms with E-state index in [0.717, 1.165) is 18.6 Å². The van der Waals surface area contributed by atoms with E-state index in [1.54, 1.807) is 0 Å². The molecule has 0 bridgehead atoms. The Balaban J connectivity index is 4.32. The second-order valence-electron chi connectivity index (χ2n) is 2.35. The number of rotatable bonds is 5. The fourth-order valence-corrected chi connectivity index (χ4v) is 0.694. The van der Waals surface area contributed by atoms with Gasteiger partial charge in [-0.2, -0.15) is 0 Å². The summed E-state index contributed by atoms with van der Waals surface area (Å²) in [5, 5.41) is 41.9. The highest BCUT2D eigenvalue weighted by molar-refractivity contribution is 5.78. The van der Waals surface area contributed by atoms with Crippen LogP contribution in [-0.2, 0) is 0 Å². The third-order valence-electron chi connectivity index (χ3n) is 1.35. The van der Waals surface area contributed by atoms with Gasteiger partial charge in [0.05, 0.1) is 6.21 Å². The van der Waals surface area contributed by atoms with Crippen LogP contribution in [0.1, 0.15) is 12.8 Å². The molecule has 0 atom stereocenters. The SMILES string of the molecule is ON=CCC(O)(C=NO)CC=NO. The van der Waals surface area contributed by atoms with Gasteiger partial charge in [-0.3, -0.25) is 0 Å². The van der Waals surface area contributed by atoms with Crippen LogP contribution in [0.5, 0.6) is 0 Å². The van der Waals surface area contributed by atoms with Crippen molar-refractivity contribution in [3.05, 3.63) is 0 Å². The molecule has 7 heteroatoms. The Bertz CT molecular complexity index is 200. The topological polar surface area (TPSA) is 118 Å². The molecule has 0 aliphatic heterocycles. The maximum Gasteiger partial charge on any atom is 0.113 e. The number of hydrogen-bond acceptors (Lipinski definition) is 7. The number of nitrogens with zero attached hydrogens (tertiary/aromatic N) is 3. The lowest BCUT2D eigenvalue weighted by Gasteiger charge is -2.17. The largest absolute Gasteiger partial charge is 0.411 e. The van der Waals surface area contributed by atoms with Crippen molar-refractivity contribution in [1.29, 1.82) is 0 Å². The maximum atomic E-state index is 9.56. The van der Waals surface area contributed by atoms with E-state index in [2.05, 4.69) is 15.5 Å². The zero-order valence-electron chi connectivity index (χ0n) is 6.78. The summed E-state index contributed by atoms with van der Waals surface area (Å²) in [6.07, 6.45) is 2.81. The summed E-state index contributed by atoms with van der Waals surface area (Å²) in [5.41, 5.74) is -1.51. The van der Waals surface area contributed by atoms with Gasteiger partial charge >= 0.3 is 0 Å². The molecule has 0 rings (SSSR count). The van der Waals surface area contributed by atoms with Gasteiger partial charge in [0, 0.05) is 25.3 Å². The summed E-state index contributed by atoms with van der Waals surface area (Å²) in [4.78, 5) is 0. The van der Waals surface area contributed by atoms with Crippen LogP contribution in [0.2, 0.25) is 0 Å². The zero-order valence-corrected chi connectivity index (χ0v) is 6.78. The van der Waals surface area contributed by atoms with Crippen molar-refractivity contribution in [2.45, 2.75) is 18.4 Å². The van der Waals surface area contributed by atoms with Gasteiger partial charge < -0.3 is 20.7 Å². The molecule has 0 unspecified atom stereocenters. The van der Waals surface area contributed by atoms with Crippen molar-refractivity contribution in [3.8, 4) is 0 Å². The Morgan fingerprint density at radius 3 is 1.69 bits per heavy atom. The molecule has 0 saturated heterocycles. The lowest BCUT2D eigenvalue weighted by Crippen LogP contribution is -2.31. The monoisotopic (exact) mass is 189 g/mol. The minimum absolute atomic E-state index is 0.0560. The second kappa shape index (κ2) is 5.95. The highest BCUT2D eigenvalue weighted by Crippen LogP contribution is 2.09. The lowest BCUT2D eigenvalue weighted by atomic mass is 9.99. The van der Waals surface area contributed by atoms with Crippen molar-refractivity contribution in [3.63, 3.8) is 0 Å². The minimum atomic E-state index is -1.51. The Labute approximate surface area is 74.3 Å². The van der Waals surface area contributed by atoms with Gasteiger partial charge in [0.15, 0.2) is 0 Å². The van der Waals surface area contributed by atoms with Gasteiger partial charge in [0.1, 0.15) is 5.60 Å². The molecule has 0 aromatic carbocycles. The summed E-state index contributed by atoms with van der Waals surface area (Å²) in [7, 11) is 0. The molecule has 0 aromatic rings. The predicted molar refractivity (Wildman–Crippen MR) is 45.0 cm³/mol. The molecule has 7 nitrogen and oxygen atoms in total. The third kappa shape index (κ3) is 4.75. The summed E-state index contributed by atoms with van der Waals surface area (Å²) >= 11 is 0. The van der Waals surface area contributed by atoms with Gasteiger partial charge in [0.2, 0.25) is 0 Å². The fraction of sp³-hybridized carbons (Fsp3) is 0.500. The van der Waals surface area contributed by atoms with E-state index in [9.17, 15) is 5.11 Å². The molecule has 13 heavy (non-hydrogen) atoms. The normalized spacial score (nSPS) is 17.3. The minimum Gasteiger partial charge on any atom is -0.411 e. The van der Waals surface area contributed by atoms with Gasteiger partial charge in [-0.05, 0) is 0 Å². The number of oxime groups is 3. The second-order valence-corrected chi connectivity index (χ2v) is 2.35. The van der Waals surface area contributed by atoms with E-state index in [-0.39, 0.29) is 12.8 Å². The molecule has 0 aliphatic carbocycles. The first kappa shape index (κ1) is 11.4. The average Bonchev–Trinajstić information content (AvgIpc) is 2.12. The molecule has 0 aliphatic rings. The molecular weight excluding hydrogens is 178 g/mol. The van der Waals surface area contributed by atoms with E-state index < -0.39 is 5.60 Å². The molecule has 0 amide bonds. The Morgan fingerprint density at radius 2 is 1.38 bits per heavy atom. The quantitative estimate of drug-likeness (QED) is 0.274. The lowest BCUT2D eigenvalue weighted by molar-refractivity contribution is 0.129. The first-order valence-corrected chi connectivity index (χ1v) is 3.41. The van der Waals surface area contributed by atoms with E-state index >= 15 is 0 Å². The molecule has 74 valence electrons. The van der Waals surface area contributed by atoms with Crippen LogP contribution in [-0.4, -0.2) is 45.0 Å². The van der Waals surface area contributed by atoms with Gasteiger partial charge in [0.25, 0.3) is 0 Å². The van der Waals surface area contributed by atoms with Gasteiger partial charge in [-0.25, -0.2) is 0 Å². The third-order valence-corrected chi connectivity index (χ3v) is 1.35. The van der Waals surface area contributed by atoms with Crippen molar-refractivity contribution < 1.29 is 20.7 Å². The van der Waals surface area contributed by atoms with Crippen LogP contribution in [0.4, 0.5) is 0 Å². The van der Waals surface area contributed by atoms with Gasteiger partial charge in [-0.1, -0.05) is 5.16 Å². The van der Waals surface area contributed by atoms with Crippen molar-refractivity contribution >= 4 is 18.6 Å². The summed E-state index contributed by atoms with van der Waals surface area (Å²) in [6.45, 7) is 0. The highest BCUT2D eigenvalue weighted by atomic mass is 16.4. The average molecular weight is 189 g/mol. The molecule has 0 saturated carbocycles. The molecule has 0 heterocycles. The van der Waals surface area contributed by atoms with E-state index in [1.807, 2.05) is 0 Å². The molecule has 0 fully saturated rings. The molecular formula is C6H11N3O4. The van der Waals surface area contributed by atoms with Crippen LogP contribution < -0.4 is 0 Å². The highest BCUT2D eigenvalue weighted by Gasteiger charge is 2.22. The van der Waals surface area contributed by atoms with Crippen molar-refractivity contribution in [2.24, 2.45) is 15.5 Å². The molecule has 0 radical (unpaired) electrons. The summed E-state index contributed by atoms with van der Waals surface area (Å²) in [5.74, 6) is 0. The summed E-state index contributed by atoms with van der Waals surface area (Å²) in [6, 6.07) is 0.